The fourth-order valence-corrected chi connectivity index (χ4v) is 7.77. The Balaban J connectivity index is 1.18. The molecule has 1 fully saturated rings. The second-order valence-electron chi connectivity index (χ2n) is 12.9. The number of carbonyl (C=O) groups excluding carboxylic acids is 1. The molecule has 0 aliphatic carbocycles. The number of nitro groups is 1. The van der Waals surface area contributed by atoms with Gasteiger partial charge in [0.1, 0.15) is 5.69 Å². The number of sulfonamides is 1. The summed E-state index contributed by atoms with van der Waals surface area (Å²) in [5.74, 6) is -0.268. The number of hydrogen-bond acceptors (Lipinski definition) is 10. The van der Waals surface area contributed by atoms with E-state index in [1.165, 1.54) is 36.4 Å². The molecule has 2 N–H and O–H groups in total. The highest BCUT2D eigenvalue weighted by Gasteiger charge is 2.30. The molecule has 0 saturated carbocycles. The number of benzene rings is 4. The minimum atomic E-state index is -4.46. The van der Waals surface area contributed by atoms with Crippen molar-refractivity contribution in [1.29, 1.82) is 0 Å². The third-order valence-electron chi connectivity index (χ3n) is 8.74. The summed E-state index contributed by atoms with van der Waals surface area (Å²) in [5.41, 5.74) is 0.768. The van der Waals surface area contributed by atoms with E-state index in [4.69, 9.17) is 0 Å². The molecule has 0 radical (unpaired) electrons. The molecule has 282 valence electrons. The number of anilines is 2. The molecule has 1 aliphatic rings. The summed E-state index contributed by atoms with van der Waals surface area (Å²) in [6.45, 7) is 3.88. The number of amides is 1. The molecular formula is C37H41F3N6O5S2. The predicted octanol–water partition coefficient (Wildman–Crippen LogP) is 6.58. The molecule has 0 bridgehead atoms. The van der Waals surface area contributed by atoms with Crippen LogP contribution in [0.4, 0.5) is 30.2 Å². The first-order valence-electron chi connectivity index (χ1n) is 16.9. The Morgan fingerprint density at radius 1 is 0.943 bits per heavy atom. The summed E-state index contributed by atoms with van der Waals surface area (Å²) >= 11 is 1.61. The summed E-state index contributed by atoms with van der Waals surface area (Å²) in [6, 6.07) is 24.7. The third-order valence-corrected chi connectivity index (χ3v) is 11.2. The fraction of sp³-hybridized carbons (Fsp3) is 0.324. The van der Waals surface area contributed by atoms with Crippen LogP contribution in [0.2, 0.25) is 0 Å². The summed E-state index contributed by atoms with van der Waals surface area (Å²) in [4.78, 5) is 31.4. The summed E-state index contributed by atoms with van der Waals surface area (Å²) in [7, 11) is -0.587. The normalized spacial score (nSPS) is 14.6. The number of carbonyl (C=O) groups is 1. The minimum absolute atomic E-state index is 0.0886. The number of rotatable bonds is 15. The van der Waals surface area contributed by atoms with E-state index < -0.39 is 43.2 Å². The van der Waals surface area contributed by atoms with Crippen LogP contribution in [0.5, 0.6) is 0 Å². The molecule has 1 atom stereocenters. The maximum Gasteiger partial charge on any atom is 0.416 e. The standard InChI is InChI=1S/C37H41F3N6O5S2/c1-43(2)19-18-30(26-52-32-6-4-3-5-7-32)41-34-17-16-33(24-35(34)46(48)49)53(50,51)42-36(47)28-10-14-31(15-11-28)45-22-20-44(21-23-45)25-27-8-12-29(13-9-27)37(38,39)40/h3-17,24,30,41H,18-23,25-26H2,1-2H3,(H,42,47)/t30-/m1/s1. The van der Waals surface area contributed by atoms with Gasteiger partial charge in [-0.05, 0) is 93.3 Å². The lowest BCUT2D eigenvalue weighted by Crippen LogP contribution is -2.46. The first kappa shape index (κ1) is 39.6. The van der Waals surface area contributed by atoms with Crippen LogP contribution in [-0.2, 0) is 22.7 Å². The highest BCUT2D eigenvalue weighted by molar-refractivity contribution is 7.99. The van der Waals surface area contributed by atoms with Crippen LogP contribution >= 0.6 is 11.8 Å². The van der Waals surface area contributed by atoms with E-state index in [2.05, 4.69) is 15.1 Å². The van der Waals surface area contributed by atoms with Crippen LogP contribution in [0.25, 0.3) is 0 Å². The number of nitro benzene ring substituents is 1. The molecule has 53 heavy (non-hydrogen) atoms. The van der Waals surface area contributed by atoms with Crippen LogP contribution in [-0.4, -0.2) is 87.7 Å². The van der Waals surface area contributed by atoms with E-state index in [9.17, 15) is 36.5 Å². The Bertz CT molecular complexity index is 1960. The van der Waals surface area contributed by atoms with Crippen molar-refractivity contribution in [1.82, 2.24) is 14.5 Å². The number of halogens is 3. The predicted molar refractivity (Wildman–Crippen MR) is 201 cm³/mol. The smallest absolute Gasteiger partial charge is 0.376 e. The van der Waals surface area contributed by atoms with Crippen molar-refractivity contribution in [2.45, 2.75) is 35.0 Å². The molecule has 16 heteroatoms. The second kappa shape index (κ2) is 17.5. The van der Waals surface area contributed by atoms with Crippen LogP contribution in [0.15, 0.2) is 107 Å². The number of piperazine rings is 1. The van der Waals surface area contributed by atoms with Crippen LogP contribution < -0.4 is 14.9 Å². The van der Waals surface area contributed by atoms with Crippen LogP contribution in [0, 0.1) is 10.1 Å². The molecule has 0 spiro atoms. The van der Waals surface area contributed by atoms with Crippen LogP contribution in [0.3, 0.4) is 0 Å². The summed E-state index contributed by atoms with van der Waals surface area (Å²) in [5, 5.41) is 15.3. The number of nitrogens with one attached hydrogen (secondary N) is 2. The SMILES string of the molecule is CN(C)CC[C@H](CSc1ccccc1)Nc1ccc(S(=O)(=O)NC(=O)c2ccc(N3CCN(Cc4ccc(C(F)(F)F)cc4)CC3)cc2)cc1[N+](=O)[O-]. The van der Waals surface area contributed by atoms with Gasteiger partial charge < -0.3 is 15.1 Å². The van der Waals surface area contributed by atoms with Gasteiger partial charge in [-0.25, -0.2) is 13.1 Å². The first-order chi connectivity index (χ1) is 25.2. The van der Waals surface area contributed by atoms with Gasteiger partial charge in [0.05, 0.1) is 15.4 Å². The van der Waals surface area contributed by atoms with E-state index in [1.54, 1.807) is 23.9 Å². The average Bonchev–Trinajstić information content (AvgIpc) is 3.13. The van der Waals surface area contributed by atoms with E-state index in [-0.39, 0.29) is 17.3 Å². The van der Waals surface area contributed by atoms with Gasteiger partial charge in [-0.15, -0.1) is 11.8 Å². The molecular weight excluding hydrogens is 730 g/mol. The fourth-order valence-electron chi connectivity index (χ4n) is 5.78. The van der Waals surface area contributed by atoms with Crippen molar-refractivity contribution < 1.29 is 31.3 Å². The lowest BCUT2D eigenvalue weighted by atomic mass is 10.1. The van der Waals surface area contributed by atoms with Crippen molar-refractivity contribution in [2.24, 2.45) is 0 Å². The zero-order valence-corrected chi connectivity index (χ0v) is 30.9. The second-order valence-corrected chi connectivity index (χ2v) is 15.7. The average molecular weight is 771 g/mol. The monoisotopic (exact) mass is 770 g/mol. The Hall–Kier alpha value is -4.64. The zero-order valence-electron chi connectivity index (χ0n) is 29.3. The maximum atomic E-state index is 13.3. The van der Waals surface area contributed by atoms with Gasteiger partial charge in [-0.3, -0.25) is 19.8 Å². The Morgan fingerprint density at radius 2 is 1.60 bits per heavy atom. The Morgan fingerprint density at radius 3 is 2.21 bits per heavy atom. The molecule has 0 unspecified atom stereocenters. The molecule has 11 nitrogen and oxygen atoms in total. The molecule has 1 aliphatic heterocycles. The lowest BCUT2D eigenvalue weighted by molar-refractivity contribution is -0.384. The molecule has 4 aromatic carbocycles. The molecule has 0 aromatic heterocycles. The van der Waals surface area contributed by atoms with Gasteiger partial charge in [-0.1, -0.05) is 30.3 Å². The van der Waals surface area contributed by atoms with Crippen molar-refractivity contribution >= 4 is 44.8 Å². The maximum absolute atomic E-state index is 13.3. The number of thioether (sulfide) groups is 1. The number of hydrogen-bond donors (Lipinski definition) is 2. The van der Waals surface area contributed by atoms with Gasteiger partial charge in [-0.2, -0.15) is 13.2 Å². The van der Waals surface area contributed by atoms with Crippen LogP contribution in [0.1, 0.15) is 27.9 Å². The largest absolute Gasteiger partial charge is 0.416 e. The lowest BCUT2D eigenvalue weighted by Gasteiger charge is -2.36. The van der Waals surface area contributed by atoms with E-state index >= 15 is 0 Å². The highest BCUT2D eigenvalue weighted by atomic mass is 32.2. The molecule has 5 rings (SSSR count). The number of nitrogens with zero attached hydrogens (tertiary/aromatic N) is 4. The Labute approximate surface area is 311 Å². The van der Waals surface area contributed by atoms with E-state index in [0.717, 1.165) is 40.9 Å². The topological polar surface area (TPSA) is 128 Å². The highest BCUT2D eigenvalue weighted by Crippen LogP contribution is 2.31. The van der Waals surface area contributed by atoms with Crippen molar-refractivity contribution in [3.8, 4) is 0 Å². The molecule has 4 aromatic rings. The molecule has 1 amide bonds. The molecule has 1 heterocycles. The minimum Gasteiger partial charge on any atom is -0.376 e. The summed E-state index contributed by atoms with van der Waals surface area (Å²) < 4.78 is 67.2. The van der Waals surface area contributed by atoms with Gasteiger partial charge in [0.15, 0.2) is 0 Å². The third kappa shape index (κ3) is 11.2. The Kier molecular flexibility index (Phi) is 13.0. The van der Waals surface area contributed by atoms with E-state index in [0.29, 0.717) is 44.9 Å². The number of alkyl halides is 3. The van der Waals surface area contributed by atoms with Crippen molar-refractivity contribution in [3.63, 3.8) is 0 Å². The first-order valence-corrected chi connectivity index (χ1v) is 19.3. The zero-order chi connectivity index (χ0) is 38.2. The van der Waals surface area contributed by atoms with Gasteiger partial charge in [0.25, 0.3) is 21.6 Å². The van der Waals surface area contributed by atoms with E-state index in [1.807, 2.05) is 54.0 Å². The van der Waals surface area contributed by atoms with Gasteiger partial charge >= 0.3 is 6.18 Å². The van der Waals surface area contributed by atoms with Gasteiger partial charge in [0.2, 0.25) is 0 Å². The van der Waals surface area contributed by atoms with Crippen molar-refractivity contribution in [2.75, 3.05) is 62.8 Å². The quantitative estimate of drug-likeness (QED) is 0.0778. The van der Waals surface area contributed by atoms with Gasteiger partial charge in [0, 0.05) is 66.7 Å². The summed E-state index contributed by atoms with van der Waals surface area (Å²) in [6.07, 6.45) is -3.69. The van der Waals surface area contributed by atoms with Crippen molar-refractivity contribution in [3.05, 3.63) is 124 Å². The molecule has 1 saturated heterocycles.